The van der Waals surface area contributed by atoms with Gasteiger partial charge in [-0.1, -0.05) is 0 Å². The van der Waals surface area contributed by atoms with Crippen molar-refractivity contribution in [3.63, 3.8) is 0 Å². The number of fused-ring (bicyclic) bond motifs is 1. The second-order valence-corrected chi connectivity index (χ2v) is 4.70. The van der Waals surface area contributed by atoms with Gasteiger partial charge >= 0.3 is 0 Å². The molecule has 2 aromatic heterocycles. The Balaban J connectivity index is 0.00000120. The topological polar surface area (TPSA) is 37.5 Å². The summed E-state index contributed by atoms with van der Waals surface area (Å²) in [6.45, 7) is 0. The summed E-state index contributed by atoms with van der Waals surface area (Å²) in [6, 6.07) is 10.9. The monoisotopic (exact) mass is 368 g/mol. The molecule has 0 saturated carbocycles. The number of aromatic hydroxyl groups is 1. The number of phenols is 1. The lowest BCUT2D eigenvalue weighted by molar-refractivity contribution is 0.475. The zero-order valence-electron chi connectivity index (χ0n) is 9.25. The van der Waals surface area contributed by atoms with Gasteiger partial charge in [0, 0.05) is 22.4 Å². The first-order valence-corrected chi connectivity index (χ1v) is 5.95. The van der Waals surface area contributed by atoms with E-state index in [2.05, 4.69) is 20.9 Å². The van der Waals surface area contributed by atoms with E-state index in [1.165, 1.54) is 0 Å². The fraction of sp³-hybridized carbons (Fsp3) is 0. The summed E-state index contributed by atoms with van der Waals surface area (Å²) in [7, 11) is 0. The molecule has 5 heteroatoms. The van der Waals surface area contributed by atoms with Gasteiger partial charge < -0.3 is 9.51 Å². The summed E-state index contributed by atoms with van der Waals surface area (Å²) >= 11 is 3.43. The first-order valence-electron chi connectivity index (χ1n) is 5.16. The van der Waals surface area contributed by atoms with Crippen LogP contribution in [-0.4, -0.2) is 14.5 Å². The summed E-state index contributed by atoms with van der Waals surface area (Å²) in [5.41, 5.74) is 2.78. The summed E-state index contributed by atoms with van der Waals surface area (Å²) in [6.07, 6.45) is 3.93. The fourth-order valence-corrected chi connectivity index (χ4v) is 2.09. The van der Waals surface area contributed by atoms with E-state index in [4.69, 9.17) is 0 Å². The van der Waals surface area contributed by atoms with E-state index in [0.29, 0.717) is 0 Å². The van der Waals surface area contributed by atoms with Crippen molar-refractivity contribution in [1.82, 2.24) is 9.38 Å². The Morgan fingerprint density at radius 3 is 2.44 bits per heavy atom. The molecule has 0 saturated heterocycles. The Morgan fingerprint density at radius 1 is 1.00 bits per heavy atom. The minimum Gasteiger partial charge on any atom is -0.508 e. The Morgan fingerprint density at radius 2 is 1.72 bits per heavy atom. The SMILES string of the molecule is Br.Oc1ccc(-c2cn3cc(Br)ccc3n2)cc1. The van der Waals surface area contributed by atoms with E-state index in [1.807, 2.05) is 41.1 Å². The van der Waals surface area contributed by atoms with Crippen molar-refractivity contribution >= 4 is 38.6 Å². The number of hydrogen-bond donors (Lipinski definition) is 1. The second-order valence-electron chi connectivity index (χ2n) is 3.79. The number of rotatable bonds is 1. The second kappa shape index (κ2) is 5.12. The highest BCUT2D eigenvalue weighted by atomic mass is 79.9. The van der Waals surface area contributed by atoms with Crippen molar-refractivity contribution in [2.75, 3.05) is 0 Å². The summed E-state index contributed by atoms with van der Waals surface area (Å²) in [5, 5.41) is 9.25. The number of imidazole rings is 1. The van der Waals surface area contributed by atoms with Crippen molar-refractivity contribution in [2.24, 2.45) is 0 Å². The Bertz CT molecular complexity index is 677. The van der Waals surface area contributed by atoms with Crippen molar-refractivity contribution in [2.45, 2.75) is 0 Å². The molecule has 0 radical (unpaired) electrons. The molecule has 0 amide bonds. The maximum absolute atomic E-state index is 9.25. The van der Waals surface area contributed by atoms with Crippen LogP contribution in [0.1, 0.15) is 0 Å². The van der Waals surface area contributed by atoms with Crippen LogP contribution in [0.5, 0.6) is 5.75 Å². The van der Waals surface area contributed by atoms with E-state index < -0.39 is 0 Å². The van der Waals surface area contributed by atoms with Crippen molar-refractivity contribution in [3.05, 3.63) is 53.3 Å². The van der Waals surface area contributed by atoms with Crippen LogP contribution < -0.4 is 0 Å². The Hall–Kier alpha value is -1.33. The van der Waals surface area contributed by atoms with E-state index in [9.17, 15) is 5.11 Å². The predicted molar refractivity (Wildman–Crippen MR) is 80.3 cm³/mol. The van der Waals surface area contributed by atoms with Crippen molar-refractivity contribution in [1.29, 1.82) is 0 Å². The molecular weight excluding hydrogens is 360 g/mol. The maximum Gasteiger partial charge on any atom is 0.137 e. The molecule has 0 aliphatic heterocycles. The van der Waals surface area contributed by atoms with Gasteiger partial charge in [-0.15, -0.1) is 17.0 Å². The van der Waals surface area contributed by atoms with Gasteiger partial charge in [0.1, 0.15) is 11.4 Å². The van der Waals surface area contributed by atoms with E-state index in [1.54, 1.807) is 12.1 Å². The molecule has 0 bridgehead atoms. The normalized spacial score (nSPS) is 10.3. The van der Waals surface area contributed by atoms with Gasteiger partial charge in [-0.25, -0.2) is 4.98 Å². The van der Waals surface area contributed by atoms with Gasteiger partial charge in [-0.05, 0) is 52.3 Å². The Kier molecular flexibility index (Phi) is 3.73. The standard InChI is InChI=1S/C13H9BrN2O.BrH/c14-10-3-6-13-15-12(8-16(13)7-10)9-1-4-11(17)5-2-9;/h1-8,17H;1H. The number of nitrogens with zero attached hydrogens (tertiary/aromatic N) is 2. The number of hydrogen-bond acceptors (Lipinski definition) is 2. The van der Waals surface area contributed by atoms with E-state index in [-0.39, 0.29) is 22.7 Å². The van der Waals surface area contributed by atoms with E-state index >= 15 is 0 Å². The largest absolute Gasteiger partial charge is 0.508 e. The molecule has 0 spiro atoms. The lowest BCUT2D eigenvalue weighted by atomic mass is 10.2. The van der Waals surface area contributed by atoms with Crippen LogP contribution >= 0.6 is 32.9 Å². The first kappa shape index (κ1) is 13.1. The van der Waals surface area contributed by atoms with Crippen molar-refractivity contribution in [3.8, 4) is 17.0 Å². The number of aromatic nitrogens is 2. The molecule has 1 N–H and O–H groups in total. The summed E-state index contributed by atoms with van der Waals surface area (Å²) < 4.78 is 2.98. The fourth-order valence-electron chi connectivity index (χ4n) is 1.74. The van der Waals surface area contributed by atoms with Gasteiger partial charge in [0.15, 0.2) is 0 Å². The molecular formula is C13H10Br2N2O. The highest BCUT2D eigenvalue weighted by Gasteiger charge is 2.04. The number of pyridine rings is 1. The number of halogens is 2. The average Bonchev–Trinajstić information content (AvgIpc) is 2.72. The quantitative estimate of drug-likeness (QED) is 0.702. The zero-order chi connectivity index (χ0) is 11.8. The molecule has 18 heavy (non-hydrogen) atoms. The summed E-state index contributed by atoms with van der Waals surface area (Å²) in [5.74, 6) is 0.264. The van der Waals surface area contributed by atoms with Gasteiger partial charge in [0.05, 0.1) is 5.69 Å². The van der Waals surface area contributed by atoms with Crippen LogP contribution in [0, 0.1) is 0 Å². The molecule has 92 valence electrons. The molecule has 0 aliphatic carbocycles. The van der Waals surface area contributed by atoms with Gasteiger partial charge in [-0.3, -0.25) is 0 Å². The van der Waals surface area contributed by atoms with Gasteiger partial charge in [0.2, 0.25) is 0 Å². The highest BCUT2D eigenvalue weighted by molar-refractivity contribution is 9.10. The van der Waals surface area contributed by atoms with Crippen LogP contribution in [0.2, 0.25) is 0 Å². The average molecular weight is 370 g/mol. The van der Waals surface area contributed by atoms with Crippen LogP contribution in [0.3, 0.4) is 0 Å². The van der Waals surface area contributed by atoms with Gasteiger partial charge in [-0.2, -0.15) is 0 Å². The van der Waals surface area contributed by atoms with Gasteiger partial charge in [0.25, 0.3) is 0 Å². The highest BCUT2D eigenvalue weighted by Crippen LogP contribution is 2.22. The molecule has 0 fully saturated rings. The molecule has 3 nitrogen and oxygen atoms in total. The molecule has 0 unspecified atom stereocenters. The minimum absolute atomic E-state index is 0. The van der Waals surface area contributed by atoms with Crippen LogP contribution in [0.25, 0.3) is 16.9 Å². The third-order valence-corrected chi connectivity index (χ3v) is 3.05. The van der Waals surface area contributed by atoms with Crippen LogP contribution in [-0.2, 0) is 0 Å². The Labute approximate surface area is 123 Å². The van der Waals surface area contributed by atoms with Crippen LogP contribution in [0.4, 0.5) is 0 Å². The number of phenolic OH excluding ortho intramolecular Hbond substituents is 1. The maximum atomic E-state index is 9.25. The lowest BCUT2D eigenvalue weighted by Gasteiger charge is -1.95. The molecule has 0 atom stereocenters. The number of benzene rings is 1. The minimum atomic E-state index is 0. The zero-order valence-corrected chi connectivity index (χ0v) is 12.5. The lowest BCUT2D eigenvalue weighted by Crippen LogP contribution is -1.80. The predicted octanol–water partition coefficient (Wildman–Crippen LogP) is 4.05. The molecule has 3 aromatic rings. The summed E-state index contributed by atoms with van der Waals surface area (Å²) in [4.78, 5) is 4.51. The van der Waals surface area contributed by atoms with Crippen LogP contribution in [0.15, 0.2) is 53.3 Å². The van der Waals surface area contributed by atoms with Crippen molar-refractivity contribution < 1.29 is 5.11 Å². The third kappa shape index (κ3) is 2.42. The molecule has 3 rings (SSSR count). The first-order chi connectivity index (χ1) is 8.22. The molecule has 1 aromatic carbocycles. The third-order valence-electron chi connectivity index (χ3n) is 2.58. The smallest absolute Gasteiger partial charge is 0.137 e. The molecule has 0 aliphatic rings. The molecule has 2 heterocycles. The van der Waals surface area contributed by atoms with E-state index in [0.717, 1.165) is 21.4 Å².